The van der Waals surface area contributed by atoms with Crippen molar-refractivity contribution in [2.45, 2.75) is 38.5 Å². The van der Waals surface area contributed by atoms with Crippen LogP contribution in [-0.2, 0) is 7.05 Å². The van der Waals surface area contributed by atoms with E-state index in [1.807, 2.05) is 36.1 Å². The molecule has 0 unspecified atom stereocenters. The fraction of sp³-hybridized carbons (Fsp3) is 0.321. The first-order chi connectivity index (χ1) is 17.4. The first kappa shape index (κ1) is 30.9. The number of carbonyl (C=O) groups is 2. The number of esters is 1. The molecule has 0 spiro atoms. The Morgan fingerprint density at radius 1 is 0.838 bits per heavy atom. The van der Waals surface area contributed by atoms with Crippen molar-refractivity contribution in [3.8, 4) is 11.5 Å². The molecule has 0 aliphatic rings. The lowest BCUT2D eigenvalue weighted by molar-refractivity contribution is -0.671. The highest BCUT2D eigenvalue weighted by Gasteiger charge is 2.11. The zero-order valence-electron chi connectivity index (χ0n) is 20.7. The molecule has 0 saturated carbocycles. The van der Waals surface area contributed by atoms with Crippen LogP contribution in [-0.4, -0.2) is 25.0 Å². The minimum atomic E-state index is -0.527. The van der Waals surface area contributed by atoms with Crippen LogP contribution < -0.4 is 43.3 Å². The standard InChI is InChI=1S/C28H30Cl2N2O4.HI/c1-32-15-8-9-21(20-32)27(33)31-14-6-4-2-3-5-7-16-35-25-10-12-26(13-11-25)36-28(34)22-17-23(29)19-24(30)18-22;/h8-13,15,17-20H,2-7,14,16H2,1H3;1H. The fourth-order valence-electron chi connectivity index (χ4n) is 3.59. The van der Waals surface area contributed by atoms with Crippen molar-refractivity contribution >= 4 is 35.1 Å². The molecule has 37 heavy (non-hydrogen) atoms. The van der Waals surface area contributed by atoms with Crippen LogP contribution in [0.15, 0.2) is 67.0 Å². The maximum absolute atomic E-state index is 12.3. The van der Waals surface area contributed by atoms with Gasteiger partial charge in [-0.15, -0.1) is 0 Å². The molecule has 0 aliphatic carbocycles. The number of ether oxygens (including phenoxy) is 2. The summed E-state index contributed by atoms with van der Waals surface area (Å²) in [6.45, 7) is 1.32. The normalized spacial score (nSPS) is 10.4. The molecule has 0 fully saturated rings. The Morgan fingerprint density at radius 3 is 2.14 bits per heavy atom. The fourth-order valence-corrected chi connectivity index (χ4v) is 4.12. The number of benzene rings is 2. The average molecular weight is 657 g/mol. The van der Waals surface area contributed by atoms with Gasteiger partial charge in [-0.25, -0.2) is 9.36 Å². The average Bonchev–Trinajstić information content (AvgIpc) is 2.85. The summed E-state index contributed by atoms with van der Waals surface area (Å²) in [5.41, 5.74) is 0.970. The number of carbonyl (C=O) groups excluding carboxylic acids is 2. The van der Waals surface area contributed by atoms with E-state index in [1.165, 1.54) is 12.1 Å². The lowest BCUT2D eigenvalue weighted by Crippen LogP contribution is -3.00. The smallest absolute Gasteiger partial charge is 0.343 e. The molecular weight excluding hydrogens is 626 g/mol. The molecule has 198 valence electrons. The SMILES string of the molecule is C[n+]1cccc(C(=O)NCCCCCCCCOc2ccc(OC(=O)c3cc(Cl)cc(Cl)c3)cc2)c1.[I-]. The van der Waals surface area contributed by atoms with E-state index in [4.69, 9.17) is 32.7 Å². The summed E-state index contributed by atoms with van der Waals surface area (Å²) < 4.78 is 13.0. The molecule has 9 heteroatoms. The summed E-state index contributed by atoms with van der Waals surface area (Å²) in [7, 11) is 1.90. The summed E-state index contributed by atoms with van der Waals surface area (Å²) in [6, 6.07) is 15.2. The lowest BCUT2D eigenvalue weighted by Gasteiger charge is -2.08. The van der Waals surface area contributed by atoms with Gasteiger partial charge < -0.3 is 38.8 Å². The molecule has 2 aromatic carbocycles. The Hall–Kier alpha value is -2.36. The molecule has 0 saturated heterocycles. The number of halogens is 3. The zero-order valence-corrected chi connectivity index (χ0v) is 24.4. The minimum absolute atomic E-state index is 0. The molecule has 1 aromatic heterocycles. The van der Waals surface area contributed by atoms with E-state index in [0.717, 1.165) is 44.3 Å². The highest BCUT2D eigenvalue weighted by molar-refractivity contribution is 6.35. The number of nitrogens with zero attached hydrogens (tertiary/aromatic N) is 1. The van der Waals surface area contributed by atoms with Crippen LogP contribution in [0.1, 0.15) is 59.2 Å². The molecule has 0 bridgehead atoms. The number of aromatic nitrogens is 1. The number of hydrogen-bond donors (Lipinski definition) is 1. The quantitative estimate of drug-likeness (QED) is 0.101. The van der Waals surface area contributed by atoms with Crippen LogP contribution in [0.2, 0.25) is 10.0 Å². The Labute approximate surface area is 245 Å². The van der Waals surface area contributed by atoms with E-state index < -0.39 is 5.97 Å². The van der Waals surface area contributed by atoms with E-state index >= 15 is 0 Å². The van der Waals surface area contributed by atoms with Gasteiger partial charge in [-0.05, 0) is 61.4 Å². The Morgan fingerprint density at radius 2 is 1.46 bits per heavy atom. The van der Waals surface area contributed by atoms with Gasteiger partial charge >= 0.3 is 5.97 Å². The second-order valence-corrected chi connectivity index (χ2v) is 9.38. The van der Waals surface area contributed by atoms with Crippen molar-refractivity contribution in [2.75, 3.05) is 13.2 Å². The lowest BCUT2D eigenvalue weighted by atomic mass is 10.1. The van der Waals surface area contributed by atoms with Crippen molar-refractivity contribution in [3.05, 3.63) is 88.2 Å². The Kier molecular flexibility index (Phi) is 13.7. The summed E-state index contributed by atoms with van der Waals surface area (Å²) >= 11 is 11.9. The number of unbranched alkanes of at least 4 members (excludes halogenated alkanes) is 5. The van der Waals surface area contributed by atoms with Crippen LogP contribution in [0.5, 0.6) is 11.5 Å². The van der Waals surface area contributed by atoms with Crippen molar-refractivity contribution < 1.29 is 47.6 Å². The van der Waals surface area contributed by atoms with Gasteiger partial charge in [-0.2, -0.15) is 0 Å². The van der Waals surface area contributed by atoms with Crippen molar-refractivity contribution in [1.29, 1.82) is 0 Å². The van der Waals surface area contributed by atoms with E-state index in [1.54, 1.807) is 30.3 Å². The monoisotopic (exact) mass is 656 g/mol. The largest absolute Gasteiger partial charge is 1.00 e. The molecule has 1 amide bonds. The van der Waals surface area contributed by atoms with E-state index in [-0.39, 0.29) is 29.9 Å². The van der Waals surface area contributed by atoms with Gasteiger partial charge in [0.2, 0.25) is 0 Å². The van der Waals surface area contributed by atoms with Crippen LogP contribution >= 0.6 is 23.2 Å². The predicted molar refractivity (Wildman–Crippen MR) is 141 cm³/mol. The molecular formula is C28H31Cl2IN2O4. The number of hydrogen-bond acceptors (Lipinski definition) is 4. The first-order valence-corrected chi connectivity index (χ1v) is 12.8. The van der Waals surface area contributed by atoms with E-state index in [0.29, 0.717) is 40.1 Å². The molecule has 1 heterocycles. The van der Waals surface area contributed by atoms with Gasteiger partial charge in [0.25, 0.3) is 5.91 Å². The summed E-state index contributed by atoms with van der Waals surface area (Å²) in [6.07, 6.45) is 10.1. The van der Waals surface area contributed by atoms with Gasteiger partial charge in [-0.3, -0.25) is 4.79 Å². The highest BCUT2D eigenvalue weighted by Crippen LogP contribution is 2.22. The van der Waals surface area contributed by atoms with Gasteiger partial charge in [0, 0.05) is 22.7 Å². The Balaban J connectivity index is 0.00000481. The predicted octanol–water partition coefficient (Wildman–Crippen LogP) is 3.19. The van der Waals surface area contributed by atoms with E-state index in [2.05, 4.69) is 5.32 Å². The van der Waals surface area contributed by atoms with Crippen LogP contribution in [0.4, 0.5) is 0 Å². The van der Waals surface area contributed by atoms with Crippen LogP contribution in [0, 0.1) is 0 Å². The number of aryl methyl sites for hydroxylation is 1. The first-order valence-electron chi connectivity index (χ1n) is 12.1. The Bertz CT molecular complexity index is 1140. The molecule has 0 aliphatic heterocycles. The maximum atomic E-state index is 12.3. The molecule has 6 nitrogen and oxygen atoms in total. The molecule has 3 aromatic rings. The highest BCUT2D eigenvalue weighted by atomic mass is 127. The maximum Gasteiger partial charge on any atom is 0.343 e. The topological polar surface area (TPSA) is 68.5 Å². The number of pyridine rings is 1. The summed E-state index contributed by atoms with van der Waals surface area (Å²) in [5.74, 6) is 0.585. The molecule has 0 radical (unpaired) electrons. The van der Waals surface area contributed by atoms with Crippen LogP contribution in [0.3, 0.4) is 0 Å². The number of rotatable bonds is 13. The third-order valence-corrected chi connectivity index (χ3v) is 5.90. The number of nitrogens with one attached hydrogen (secondary N) is 1. The summed E-state index contributed by atoms with van der Waals surface area (Å²) in [4.78, 5) is 24.4. The van der Waals surface area contributed by atoms with Crippen molar-refractivity contribution in [3.63, 3.8) is 0 Å². The van der Waals surface area contributed by atoms with Gasteiger partial charge in [0.15, 0.2) is 12.4 Å². The molecule has 3 rings (SSSR count). The molecule has 1 N–H and O–H groups in total. The second kappa shape index (κ2) is 16.5. The minimum Gasteiger partial charge on any atom is -1.00 e. The van der Waals surface area contributed by atoms with Crippen molar-refractivity contribution in [2.24, 2.45) is 7.05 Å². The van der Waals surface area contributed by atoms with Gasteiger partial charge in [0.05, 0.1) is 12.2 Å². The number of amides is 1. The summed E-state index contributed by atoms with van der Waals surface area (Å²) in [5, 5.41) is 3.72. The zero-order chi connectivity index (χ0) is 25.8. The third-order valence-electron chi connectivity index (χ3n) is 5.46. The van der Waals surface area contributed by atoms with E-state index in [9.17, 15) is 9.59 Å². The van der Waals surface area contributed by atoms with Gasteiger partial charge in [-0.1, -0.05) is 48.9 Å². The van der Waals surface area contributed by atoms with Crippen LogP contribution in [0.25, 0.3) is 0 Å². The molecule has 0 atom stereocenters. The third kappa shape index (κ3) is 11.3. The van der Waals surface area contributed by atoms with Gasteiger partial charge in [0.1, 0.15) is 24.1 Å². The van der Waals surface area contributed by atoms with Crippen molar-refractivity contribution in [1.82, 2.24) is 5.32 Å². The second-order valence-electron chi connectivity index (χ2n) is 8.50.